The van der Waals surface area contributed by atoms with Crippen LogP contribution in [0.4, 0.5) is 5.82 Å². The lowest BCUT2D eigenvalue weighted by molar-refractivity contribution is -0.164. The Bertz CT molecular complexity index is 1180. The van der Waals surface area contributed by atoms with E-state index < -0.39 is 12.1 Å². The minimum atomic E-state index is -0.593. The molecule has 1 unspecified atom stereocenters. The molecule has 1 aliphatic heterocycles. The van der Waals surface area contributed by atoms with Gasteiger partial charge in [-0.05, 0) is 66.8 Å². The third-order valence-electron chi connectivity index (χ3n) is 6.38. The first kappa shape index (κ1) is 33.0. The number of pyridine rings is 1. The molecule has 1 saturated carbocycles. The number of benzene rings is 2. The summed E-state index contributed by atoms with van der Waals surface area (Å²) < 4.78 is 8.02. The van der Waals surface area contributed by atoms with Crippen molar-refractivity contribution in [2.75, 3.05) is 24.1 Å². The maximum absolute atomic E-state index is 13.5. The number of nitrogens with zero attached hydrogens (tertiary/aromatic N) is 3. The minimum Gasteiger partial charge on any atom is -0.394 e. The maximum Gasteiger partial charge on any atom is 0.253 e. The van der Waals surface area contributed by atoms with Gasteiger partial charge in [0.15, 0.2) is 0 Å². The summed E-state index contributed by atoms with van der Waals surface area (Å²) in [6.45, 7) is 8.41. The van der Waals surface area contributed by atoms with Crippen LogP contribution in [0.1, 0.15) is 44.7 Å². The molecule has 1 aromatic heterocycles. The Hall–Kier alpha value is -2.55. The van der Waals surface area contributed by atoms with Crippen molar-refractivity contribution in [3.8, 4) is 0 Å². The highest BCUT2D eigenvalue weighted by Gasteiger charge is 2.41. The van der Waals surface area contributed by atoms with Gasteiger partial charge in [0.05, 0.1) is 31.8 Å². The van der Waals surface area contributed by atoms with Gasteiger partial charge in [-0.2, -0.15) is 0 Å². The summed E-state index contributed by atoms with van der Waals surface area (Å²) in [5.41, 5.74) is 0.928. The molecule has 1 N–H and O–H groups in total. The van der Waals surface area contributed by atoms with Crippen LogP contribution in [0.2, 0.25) is 10.0 Å². The summed E-state index contributed by atoms with van der Waals surface area (Å²) >= 11 is 13.4. The quantitative estimate of drug-likeness (QED) is 0.187. The van der Waals surface area contributed by atoms with Crippen LogP contribution >= 0.6 is 35.1 Å². The van der Waals surface area contributed by atoms with Gasteiger partial charge >= 0.3 is 0 Å². The van der Waals surface area contributed by atoms with Crippen LogP contribution in [0.5, 0.6) is 0 Å². The lowest BCUT2D eigenvalue weighted by Crippen LogP contribution is -2.57. The normalized spacial score (nSPS) is 18.8. The second-order valence-electron chi connectivity index (χ2n) is 9.34. The molecule has 1 saturated heterocycles. The first-order chi connectivity index (χ1) is 20.0. The smallest absolute Gasteiger partial charge is 0.253 e. The highest BCUT2D eigenvalue weighted by atomic mass is 35.5. The standard InChI is InChI=1S/C24H28ClN3O3S.C6H5Cl.C2H6/c1-2-5-22-24(30)28(21(16-31-22)17-7-9-18(25)10-8-17)19(15-29)14-27(32-20-11-12-20)23-6-3-4-13-26-23;7-6-4-2-1-3-5-6;1-2/h2-4,6-10,13,19-22,29H,1,5,11-12,14-16H2;1-5H;1-2H3/t19-,21?,22-;;/m1../s1. The number of hydrogen-bond donors (Lipinski definition) is 1. The van der Waals surface area contributed by atoms with Gasteiger partial charge < -0.3 is 14.7 Å². The zero-order valence-electron chi connectivity index (χ0n) is 23.6. The van der Waals surface area contributed by atoms with Gasteiger partial charge in [0.25, 0.3) is 5.91 Å². The molecule has 0 radical (unpaired) electrons. The number of aliphatic hydroxyl groups excluding tert-OH is 1. The van der Waals surface area contributed by atoms with E-state index >= 15 is 0 Å². The molecule has 1 aliphatic carbocycles. The number of carbonyl (C=O) groups is 1. The van der Waals surface area contributed by atoms with Crippen molar-refractivity contribution < 1.29 is 14.6 Å². The number of morpholine rings is 1. The molecule has 0 bridgehead atoms. The zero-order chi connectivity index (χ0) is 29.6. The number of aliphatic hydroxyl groups is 1. The number of halogens is 2. The average molecular weight is 617 g/mol. The summed E-state index contributed by atoms with van der Waals surface area (Å²) in [4.78, 5) is 19.8. The highest BCUT2D eigenvalue weighted by Crippen LogP contribution is 2.39. The van der Waals surface area contributed by atoms with Gasteiger partial charge in [-0.1, -0.05) is 79.5 Å². The second-order valence-corrected chi connectivity index (χ2v) is 11.5. The lowest BCUT2D eigenvalue weighted by atomic mass is 9.99. The molecular formula is C32H39Cl2N3O3S. The Morgan fingerprint density at radius 2 is 1.73 bits per heavy atom. The van der Waals surface area contributed by atoms with Gasteiger partial charge in [0.2, 0.25) is 0 Å². The van der Waals surface area contributed by atoms with E-state index in [0.29, 0.717) is 29.8 Å². The summed E-state index contributed by atoms with van der Waals surface area (Å²) in [7, 11) is 0. The SMILES string of the molecule is C=CC[C@H]1OCC(c2ccc(Cl)cc2)N([C@@H](CO)CN(SC2CC2)c2ccccn2)C1=O.CC.Clc1ccccc1. The first-order valence-corrected chi connectivity index (χ1v) is 15.6. The minimum absolute atomic E-state index is 0.132. The largest absolute Gasteiger partial charge is 0.394 e. The van der Waals surface area contributed by atoms with Gasteiger partial charge in [0.1, 0.15) is 11.9 Å². The van der Waals surface area contributed by atoms with Crippen molar-refractivity contribution in [2.24, 2.45) is 0 Å². The number of amides is 1. The Morgan fingerprint density at radius 3 is 2.27 bits per heavy atom. The van der Waals surface area contributed by atoms with Crippen LogP contribution in [0.25, 0.3) is 0 Å². The Labute approximate surface area is 258 Å². The van der Waals surface area contributed by atoms with Crippen molar-refractivity contribution >= 4 is 46.9 Å². The van der Waals surface area contributed by atoms with Gasteiger partial charge in [-0.25, -0.2) is 4.98 Å². The van der Waals surface area contributed by atoms with E-state index in [-0.39, 0.29) is 18.6 Å². The molecular weight excluding hydrogens is 577 g/mol. The fourth-order valence-electron chi connectivity index (χ4n) is 4.26. The van der Waals surface area contributed by atoms with Crippen LogP contribution in [-0.2, 0) is 9.53 Å². The van der Waals surface area contributed by atoms with E-state index in [4.69, 9.17) is 27.9 Å². The number of rotatable bonds is 10. The van der Waals surface area contributed by atoms with Gasteiger partial charge in [-0.15, -0.1) is 6.58 Å². The Balaban J connectivity index is 0.000000443. The van der Waals surface area contributed by atoms with E-state index in [1.807, 2.05) is 86.6 Å². The summed E-state index contributed by atoms with van der Waals surface area (Å²) in [5, 5.41) is 12.4. The van der Waals surface area contributed by atoms with Crippen molar-refractivity contribution in [3.63, 3.8) is 0 Å². The van der Waals surface area contributed by atoms with Crippen LogP contribution in [0, 0.1) is 0 Å². The monoisotopic (exact) mass is 615 g/mol. The summed E-state index contributed by atoms with van der Waals surface area (Å²) in [5.74, 6) is 0.696. The maximum atomic E-state index is 13.5. The van der Waals surface area contributed by atoms with E-state index in [0.717, 1.165) is 16.4 Å². The van der Waals surface area contributed by atoms with E-state index in [2.05, 4.69) is 15.9 Å². The zero-order valence-corrected chi connectivity index (χ0v) is 25.9. The average Bonchev–Trinajstić information content (AvgIpc) is 3.83. The molecule has 1 amide bonds. The van der Waals surface area contributed by atoms with Crippen LogP contribution < -0.4 is 4.31 Å². The molecule has 5 rings (SSSR count). The van der Waals surface area contributed by atoms with E-state index in [9.17, 15) is 9.90 Å². The molecule has 41 heavy (non-hydrogen) atoms. The molecule has 3 aromatic rings. The highest BCUT2D eigenvalue weighted by molar-refractivity contribution is 8.01. The lowest BCUT2D eigenvalue weighted by Gasteiger charge is -2.44. The molecule has 9 heteroatoms. The fourth-order valence-corrected chi connectivity index (χ4v) is 5.71. The molecule has 2 fully saturated rings. The summed E-state index contributed by atoms with van der Waals surface area (Å²) in [6, 6.07) is 22.0. The summed E-state index contributed by atoms with van der Waals surface area (Å²) in [6.07, 6.45) is 5.64. The van der Waals surface area contributed by atoms with Gasteiger partial charge in [0, 0.05) is 27.9 Å². The first-order valence-electron chi connectivity index (χ1n) is 14.0. The molecule has 2 aliphatic rings. The predicted octanol–water partition coefficient (Wildman–Crippen LogP) is 7.62. The molecule has 3 atom stereocenters. The fraction of sp³-hybridized carbons (Fsp3) is 0.375. The molecule has 2 aromatic carbocycles. The van der Waals surface area contributed by atoms with Crippen molar-refractivity contribution in [3.05, 3.63) is 107 Å². The molecule has 6 nitrogen and oxygen atoms in total. The third kappa shape index (κ3) is 10.0. The predicted molar refractivity (Wildman–Crippen MR) is 171 cm³/mol. The second kappa shape index (κ2) is 17.4. The molecule has 220 valence electrons. The van der Waals surface area contributed by atoms with Crippen molar-refractivity contribution in [1.29, 1.82) is 0 Å². The molecule has 0 spiro atoms. The van der Waals surface area contributed by atoms with Crippen molar-refractivity contribution in [1.82, 2.24) is 9.88 Å². The van der Waals surface area contributed by atoms with Crippen LogP contribution in [0.3, 0.4) is 0 Å². The van der Waals surface area contributed by atoms with E-state index in [1.54, 1.807) is 29.1 Å². The van der Waals surface area contributed by atoms with Crippen LogP contribution in [-0.4, -0.2) is 58.1 Å². The topological polar surface area (TPSA) is 65.9 Å². The molecule has 2 heterocycles. The third-order valence-corrected chi connectivity index (χ3v) is 8.24. The van der Waals surface area contributed by atoms with Crippen LogP contribution in [0.15, 0.2) is 91.6 Å². The number of anilines is 1. The van der Waals surface area contributed by atoms with E-state index in [1.165, 1.54) is 12.8 Å². The number of aromatic nitrogens is 1. The number of carbonyl (C=O) groups excluding carboxylic acids is 1. The Morgan fingerprint density at radius 1 is 1.07 bits per heavy atom. The number of hydrogen-bond acceptors (Lipinski definition) is 6. The van der Waals surface area contributed by atoms with Gasteiger partial charge in [-0.3, -0.25) is 9.10 Å². The van der Waals surface area contributed by atoms with Crippen molar-refractivity contribution in [2.45, 2.75) is 56.5 Å². The number of ether oxygens (including phenoxy) is 1. The Kier molecular flexibility index (Phi) is 14.0.